The van der Waals surface area contributed by atoms with Gasteiger partial charge in [-0.3, -0.25) is 15.1 Å². The number of imidazole rings is 1. The van der Waals surface area contributed by atoms with Crippen molar-refractivity contribution in [2.75, 3.05) is 6.54 Å². The van der Waals surface area contributed by atoms with Crippen molar-refractivity contribution in [3.05, 3.63) is 84.2 Å². The van der Waals surface area contributed by atoms with Gasteiger partial charge in [-0.15, -0.1) is 0 Å². The quantitative estimate of drug-likeness (QED) is 0.218. The van der Waals surface area contributed by atoms with Crippen molar-refractivity contribution in [1.29, 1.82) is 0 Å². The van der Waals surface area contributed by atoms with E-state index in [1.807, 2.05) is 24.3 Å². The van der Waals surface area contributed by atoms with Crippen LogP contribution in [0.2, 0.25) is 0 Å². The lowest BCUT2D eigenvalue weighted by atomic mass is 9.98. The number of benzene rings is 2. The molecule has 0 spiro atoms. The van der Waals surface area contributed by atoms with Gasteiger partial charge in [0.25, 0.3) is 0 Å². The van der Waals surface area contributed by atoms with Crippen LogP contribution in [-0.4, -0.2) is 36.7 Å². The Hall–Kier alpha value is -4.36. The number of aromatic amines is 2. The van der Waals surface area contributed by atoms with Gasteiger partial charge in [0.1, 0.15) is 16.9 Å². The number of nitrogens with one attached hydrogen (secondary N) is 3. The number of hydrogen-bond donors (Lipinski definition) is 3. The molecule has 39 heavy (non-hydrogen) atoms. The molecular weight excluding hydrogens is 482 g/mol. The van der Waals surface area contributed by atoms with Crippen LogP contribution in [0.25, 0.3) is 56.0 Å². The molecule has 7 rings (SSSR count). The summed E-state index contributed by atoms with van der Waals surface area (Å²) in [4.78, 5) is 17.4. The molecule has 0 aliphatic heterocycles. The molecule has 7 nitrogen and oxygen atoms in total. The normalized spacial score (nSPS) is 14.1. The fourth-order valence-electron chi connectivity index (χ4n) is 5.88. The summed E-state index contributed by atoms with van der Waals surface area (Å²) in [6.07, 6.45) is 9.06. The van der Waals surface area contributed by atoms with Crippen LogP contribution in [0.5, 0.6) is 0 Å². The number of aryl methyl sites for hydroxylation is 1. The van der Waals surface area contributed by atoms with Gasteiger partial charge in [0, 0.05) is 24.3 Å². The third-order valence-electron chi connectivity index (χ3n) is 7.80. The summed E-state index contributed by atoms with van der Waals surface area (Å²) in [5.74, 6) is 1.55. The molecule has 194 valence electrons. The number of aromatic nitrogens is 6. The summed E-state index contributed by atoms with van der Waals surface area (Å²) >= 11 is 0. The lowest BCUT2D eigenvalue weighted by molar-refractivity contribution is 0.489. The maximum absolute atomic E-state index is 4.93. The maximum Gasteiger partial charge on any atom is 0.159 e. The van der Waals surface area contributed by atoms with E-state index in [1.54, 1.807) is 12.4 Å². The molecule has 1 aliphatic carbocycles. The van der Waals surface area contributed by atoms with Gasteiger partial charge in [-0.2, -0.15) is 5.10 Å². The van der Waals surface area contributed by atoms with Gasteiger partial charge < -0.3 is 10.3 Å². The van der Waals surface area contributed by atoms with E-state index in [1.165, 1.54) is 42.4 Å². The molecule has 0 bridgehead atoms. The van der Waals surface area contributed by atoms with Crippen LogP contribution in [0.1, 0.15) is 36.8 Å². The van der Waals surface area contributed by atoms with Gasteiger partial charge >= 0.3 is 0 Å². The van der Waals surface area contributed by atoms with E-state index in [0.29, 0.717) is 5.82 Å². The van der Waals surface area contributed by atoms with Crippen molar-refractivity contribution < 1.29 is 0 Å². The average molecular weight is 514 g/mol. The van der Waals surface area contributed by atoms with Gasteiger partial charge in [0.15, 0.2) is 5.82 Å². The summed E-state index contributed by atoms with van der Waals surface area (Å²) in [5, 5.41) is 12.6. The molecule has 7 heteroatoms. The molecule has 1 fully saturated rings. The van der Waals surface area contributed by atoms with Gasteiger partial charge in [-0.05, 0) is 85.3 Å². The Morgan fingerprint density at radius 3 is 2.67 bits per heavy atom. The molecule has 6 aromatic rings. The van der Waals surface area contributed by atoms with E-state index in [9.17, 15) is 0 Å². The highest BCUT2D eigenvalue weighted by atomic mass is 15.1. The number of hydrogen-bond acceptors (Lipinski definition) is 5. The summed E-state index contributed by atoms with van der Waals surface area (Å²) < 4.78 is 0. The van der Waals surface area contributed by atoms with E-state index in [4.69, 9.17) is 4.98 Å². The van der Waals surface area contributed by atoms with Crippen LogP contribution in [0, 0.1) is 12.8 Å². The van der Waals surface area contributed by atoms with Crippen molar-refractivity contribution in [2.24, 2.45) is 5.92 Å². The molecule has 2 aromatic carbocycles. The third-order valence-corrected chi connectivity index (χ3v) is 7.80. The highest BCUT2D eigenvalue weighted by Gasteiger charge is 2.17. The molecule has 1 saturated carbocycles. The van der Waals surface area contributed by atoms with Crippen molar-refractivity contribution in [2.45, 2.75) is 39.2 Å². The number of pyridine rings is 2. The fourth-order valence-corrected chi connectivity index (χ4v) is 5.88. The third kappa shape index (κ3) is 4.70. The average Bonchev–Trinajstić information content (AvgIpc) is 3.72. The minimum atomic E-state index is 0.708. The zero-order valence-electron chi connectivity index (χ0n) is 22.0. The second-order valence-corrected chi connectivity index (χ2v) is 10.7. The largest absolute Gasteiger partial charge is 0.336 e. The SMILES string of the molecule is Cc1cc(CNCC2CCCC2)cc(-c2ccc3[nH]nc(-c4nc5c(-c6ccccn6)nccc5[nH]4)c3c2)c1. The van der Waals surface area contributed by atoms with Crippen LogP contribution >= 0.6 is 0 Å². The number of H-pyrrole nitrogens is 2. The van der Waals surface area contributed by atoms with Crippen molar-refractivity contribution in [3.63, 3.8) is 0 Å². The zero-order valence-corrected chi connectivity index (χ0v) is 22.0. The molecule has 0 radical (unpaired) electrons. The Morgan fingerprint density at radius 2 is 1.79 bits per heavy atom. The minimum Gasteiger partial charge on any atom is -0.336 e. The van der Waals surface area contributed by atoms with Crippen LogP contribution in [0.4, 0.5) is 0 Å². The second-order valence-electron chi connectivity index (χ2n) is 10.7. The Morgan fingerprint density at radius 1 is 0.872 bits per heavy atom. The molecule has 0 unspecified atom stereocenters. The topological polar surface area (TPSA) is 95.2 Å². The minimum absolute atomic E-state index is 0.708. The highest BCUT2D eigenvalue weighted by molar-refractivity contribution is 5.97. The fraction of sp³-hybridized carbons (Fsp3) is 0.250. The maximum atomic E-state index is 4.93. The zero-order chi connectivity index (χ0) is 26.2. The van der Waals surface area contributed by atoms with Gasteiger partial charge in [-0.25, -0.2) is 4.98 Å². The molecule has 0 atom stereocenters. The Balaban J connectivity index is 1.22. The van der Waals surface area contributed by atoms with Gasteiger partial charge in [-0.1, -0.05) is 42.7 Å². The smallest absolute Gasteiger partial charge is 0.159 e. The Labute approximate surface area is 227 Å². The first kappa shape index (κ1) is 23.7. The van der Waals surface area contributed by atoms with Gasteiger partial charge in [0.05, 0.1) is 16.7 Å². The van der Waals surface area contributed by atoms with E-state index in [-0.39, 0.29) is 0 Å². The monoisotopic (exact) mass is 513 g/mol. The number of nitrogens with zero attached hydrogens (tertiary/aromatic N) is 4. The predicted molar refractivity (Wildman–Crippen MR) is 156 cm³/mol. The van der Waals surface area contributed by atoms with Gasteiger partial charge in [0.2, 0.25) is 0 Å². The molecule has 1 aliphatic rings. The Kier molecular flexibility index (Phi) is 6.13. The highest BCUT2D eigenvalue weighted by Crippen LogP contribution is 2.32. The van der Waals surface area contributed by atoms with E-state index in [0.717, 1.165) is 63.6 Å². The summed E-state index contributed by atoms with van der Waals surface area (Å²) in [6, 6.07) is 21.1. The summed E-state index contributed by atoms with van der Waals surface area (Å²) in [6.45, 7) is 4.19. The molecule has 0 saturated heterocycles. The van der Waals surface area contributed by atoms with Crippen molar-refractivity contribution in [1.82, 2.24) is 35.5 Å². The first-order valence-electron chi connectivity index (χ1n) is 13.8. The van der Waals surface area contributed by atoms with E-state index < -0.39 is 0 Å². The van der Waals surface area contributed by atoms with Crippen LogP contribution in [-0.2, 0) is 6.54 Å². The Bertz CT molecular complexity index is 1760. The molecule has 0 amide bonds. The second kappa shape index (κ2) is 10.1. The molecule has 3 N–H and O–H groups in total. The number of fused-ring (bicyclic) bond motifs is 2. The van der Waals surface area contributed by atoms with E-state index in [2.05, 4.69) is 73.8 Å². The number of rotatable bonds is 7. The lowest BCUT2D eigenvalue weighted by Crippen LogP contribution is -2.20. The lowest BCUT2D eigenvalue weighted by Gasteiger charge is -2.12. The molecule has 4 heterocycles. The summed E-state index contributed by atoms with van der Waals surface area (Å²) in [7, 11) is 0. The van der Waals surface area contributed by atoms with Crippen LogP contribution < -0.4 is 5.32 Å². The van der Waals surface area contributed by atoms with E-state index >= 15 is 0 Å². The van der Waals surface area contributed by atoms with Crippen LogP contribution in [0.15, 0.2) is 73.1 Å². The van der Waals surface area contributed by atoms with Crippen molar-refractivity contribution >= 4 is 21.9 Å². The van der Waals surface area contributed by atoms with Crippen molar-refractivity contribution in [3.8, 4) is 34.0 Å². The van der Waals surface area contributed by atoms with Crippen LogP contribution in [0.3, 0.4) is 0 Å². The molecule has 4 aromatic heterocycles. The standard InChI is InChI=1S/C32H31N7/c1-20-14-22(19-33-18-21-6-2-3-7-21)16-24(15-20)23-9-10-26-25(17-23)29(39-38-26)32-36-28-11-13-35-30(31(28)37-32)27-8-4-5-12-34-27/h4-5,8-17,21,33H,2-3,6-7,18-19H2,1H3,(H,36,37)(H,38,39). The molecular formula is C32H31N7. The predicted octanol–water partition coefficient (Wildman–Crippen LogP) is 6.82. The first-order valence-corrected chi connectivity index (χ1v) is 13.8. The summed E-state index contributed by atoms with van der Waals surface area (Å²) in [5.41, 5.74) is 9.98. The first-order chi connectivity index (χ1) is 19.2.